The second-order valence-corrected chi connectivity index (χ2v) is 3.79. The molecule has 0 fully saturated rings. The zero-order valence-corrected chi connectivity index (χ0v) is 10.6. The fourth-order valence-electron chi connectivity index (χ4n) is 1.43. The van der Waals surface area contributed by atoms with Gasteiger partial charge in [0.05, 0.1) is 18.5 Å². The van der Waals surface area contributed by atoms with Crippen LogP contribution in [0.3, 0.4) is 0 Å². The molecule has 0 atom stereocenters. The first-order valence-electron chi connectivity index (χ1n) is 6.05. The van der Waals surface area contributed by atoms with Gasteiger partial charge in [0.2, 0.25) is 5.88 Å². The highest BCUT2D eigenvalue weighted by Gasteiger charge is 1.97. The van der Waals surface area contributed by atoms with Crippen molar-refractivity contribution in [2.24, 2.45) is 10.9 Å². The van der Waals surface area contributed by atoms with Gasteiger partial charge >= 0.3 is 0 Å². The minimum absolute atomic E-state index is 0.276. The van der Waals surface area contributed by atoms with Gasteiger partial charge in [-0.25, -0.2) is 4.98 Å². The number of hydrogen-bond donors (Lipinski definition) is 3. The molecular weight excluding hydrogens is 232 g/mol. The van der Waals surface area contributed by atoms with Crippen molar-refractivity contribution in [2.45, 2.75) is 26.2 Å². The Hall–Kier alpha value is -1.98. The van der Waals surface area contributed by atoms with Gasteiger partial charge < -0.3 is 21.0 Å². The molecule has 0 spiro atoms. The van der Waals surface area contributed by atoms with Gasteiger partial charge in [-0.15, -0.1) is 0 Å². The number of pyridine rings is 1. The van der Waals surface area contributed by atoms with E-state index < -0.39 is 0 Å². The van der Waals surface area contributed by atoms with Crippen molar-refractivity contribution in [3.8, 4) is 5.88 Å². The number of anilines is 1. The lowest BCUT2D eigenvalue weighted by Crippen LogP contribution is -2.11. The van der Waals surface area contributed by atoms with Crippen LogP contribution in [0.2, 0.25) is 0 Å². The lowest BCUT2D eigenvalue weighted by atomic mass is 10.2. The third-order valence-corrected chi connectivity index (χ3v) is 2.35. The minimum atomic E-state index is 0.276. The van der Waals surface area contributed by atoms with Crippen LogP contribution in [-0.4, -0.2) is 29.2 Å². The maximum Gasteiger partial charge on any atom is 0.213 e. The van der Waals surface area contributed by atoms with E-state index in [0.717, 1.165) is 25.1 Å². The summed E-state index contributed by atoms with van der Waals surface area (Å²) in [5, 5.41) is 14.5. The zero-order valence-electron chi connectivity index (χ0n) is 10.6. The molecule has 0 amide bonds. The van der Waals surface area contributed by atoms with Gasteiger partial charge in [-0.05, 0) is 25.8 Å². The van der Waals surface area contributed by atoms with Crippen LogP contribution in [-0.2, 0) is 0 Å². The summed E-state index contributed by atoms with van der Waals surface area (Å²) >= 11 is 0. The quantitative estimate of drug-likeness (QED) is 0.216. The molecule has 1 aromatic heterocycles. The summed E-state index contributed by atoms with van der Waals surface area (Å²) in [5.74, 6) is 0.910. The van der Waals surface area contributed by atoms with Crippen molar-refractivity contribution >= 4 is 11.5 Å². The Balaban J connectivity index is 2.19. The number of oxime groups is 1. The molecule has 0 aromatic carbocycles. The molecule has 0 aliphatic heterocycles. The number of rotatable bonds is 8. The average molecular weight is 252 g/mol. The number of aromatic nitrogens is 1. The highest BCUT2D eigenvalue weighted by atomic mass is 16.5. The van der Waals surface area contributed by atoms with E-state index in [1.165, 1.54) is 0 Å². The van der Waals surface area contributed by atoms with Gasteiger partial charge in [-0.2, -0.15) is 0 Å². The topological polar surface area (TPSA) is 92.8 Å². The fourth-order valence-corrected chi connectivity index (χ4v) is 1.43. The zero-order chi connectivity index (χ0) is 13.2. The second kappa shape index (κ2) is 8.16. The number of hydrogen-bond acceptors (Lipinski definition) is 5. The van der Waals surface area contributed by atoms with Crippen molar-refractivity contribution < 1.29 is 9.94 Å². The Bertz CT molecular complexity index is 365. The van der Waals surface area contributed by atoms with Gasteiger partial charge in [0.1, 0.15) is 5.84 Å². The Morgan fingerprint density at radius 1 is 1.50 bits per heavy atom. The lowest BCUT2D eigenvalue weighted by Gasteiger charge is -2.07. The molecule has 1 rings (SSSR count). The largest absolute Gasteiger partial charge is 0.478 e. The molecule has 100 valence electrons. The van der Waals surface area contributed by atoms with Crippen LogP contribution in [0.25, 0.3) is 0 Å². The molecular formula is C12H20N4O2. The summed E-state index contributed by atoms with van der Waals surface area (Å²) < 4.78 is 5.25. The minimum Gasteiger partial charge on any atom is -0.478 e. The molecule has 0 radical (unpaired) electrons. The van der Waals surface area contributed by atoms with Crippen molar-refractivity contribution in [3.05, 3.63) is 18.3 Å². The molecule has 4 N–H and O–H groups in total. The fraction of sp³-hybridized carbons (Fsp3) is 0.500. The number of amidine groups is 1. The standard InChI is InChI=1S/C12H20N4O2/c1-2-18-12-7-6-10(9-15-12)14-8-4-3-5-11(13)16-17/h6-7,9,14,17H,2-5,8H2,1H3,(H2,13,16). The molecule has 0 saturated carbocycles. The Morgan fingerprint density at radius 2 is 2.33 bits per heavy atom. The second-order valence-electron chi connectivity index (χ2n) is 3.79. The molecule has 0 bridgehead atoms. The summed E-state index contributed by atoms with van der Waals surface area (Å²) in [6.07, 6.45) is 4.19. The molecule has 0 saturated heterocycles. The monoisotopic (exact) mass is 252 g/mol. The first-order chi connectivity index (χ1) is 8.76. The van der Waals surface area contributed by atoms with E-state index in [1.807, 2.05) is 19.1 Å². The molecule has 6 heteroatoms. The number of nitrogens with zero attached hydrogens (tertiary/aromatic N) is 2. The highest BCUT2D eigenvalue weighted by molar-refractivity contribution is 5.79. The summed E-state index contributed by atoms with van der Waals surface area (Å²) in [6, 6.07) is 3.77. The van der Waals surface area contributed by atoms with Crippen LogP contribution < -0.4 is 15.8 Å². The molecule has 6 nitrogen and oxygen atoms in total. The van der Waals surface area contributed by atoms with Crippen LogP contribution in [0.15, 0.2) is 23.5 Å². The van der Waals surface area contributed by atoms with Crippen LogP contribution in [0.1, 0.15) is 26.2 Å². The Labute approximate surface area is 107 Å². The third-order valence-electron chi connectivity index (χ3n) is 2.35. The molecule has 1 aromatic rings. The molecule has 1 heterocycles. The van der Waals surface area contributed by atoms with E-state index in [2.05, 4.69) is 15.5 Å². The Kier molecular flexibility index (Phi) is 6.38. The van der Waals surface area contributed by atoms with Crippen molar-refractivity contribution in [1.82, 2.24) is 4.98 Å². The van der Waals surface area contributed by atoms with E-state index in [9.17, 15) is 0 Å². The van der Waals surface area contributed by atoms with E-state index in [0.29, 0.717) is 18.9 Å². The number of nitrogens with one attached hydrogen (secondary N) is 1. The van der Waals surface area contributed by atoms with Crippen LogP contribution in [0.4, 0.5) is 5.69 Å². The van der Waals surface area contributed by atoms with E-state index in [4.69, 9.17) is 15.7 Å². The normalized spacial score (nSPS) is 11.3. The van der Waals surface area contributed by atoms with E-state index >= 15 is 0 Å². The van der Waals surface area contributed by atoms with Gasteiger partial charge in [0, 0.05) is 19.0 Å². The number of nitrogens with two attached hydrogens (primary N) is 1. The third kappa shape index (κ3) is 5.38. The van der Waals surface area contributed by atoms with Gasteiger partial charge in [0.15, 0.2) is 0 Å². The smallest absolute Gasteiger partial charge is 0.213 e. The van der Waals surface area contributed by atoms with Crippen molar-refractivity contribution in [3.63, 3.8) is 0 Å². The van der Waals surface area contributed by atoms with E-state index in [1.54, 1.807) is 6.20 Å². The molecule has 18 heavy (non-hydrogen) atoms. The van der Waals surface area contributed by atoms with Crippen molar-refractivity contribution in [1.29, 1.82) is 0 Å². The summed E-state index contributed by atoms with van der Waals surface area (Å²) in [5.41, 5.74) is 6.33. The van der Waals surface area contributed by atoms with Crippen LogP contribution in [0.5, 0.6) is 5.88 Å². The number of ether oxygens (including phenoxy) is 1. The highest BCUT2D eigenvalue weighted by Crippen LogP contribution is 2.11. The summed E-state index contributed by atoms with van der Waals surface area (Å²) in [7, 11) is 0. The first-order valence-corrected chi connectivity index (χ1v) is 6.05. The SMILES string of the molecule is CCOc1ccc(NCCCCC(N)=NO)cn1. The summed E-state index contributed by atoms with van der Waals surface area (Å²) in [4.78, 5) is 4.15. The van der Waals surface area contributed by atoms with Gasteiger partial charge in [-0.3, -0.25) is 0 Å². The van der Waals surface area contributed by atoms with Gasteiger partial charge in [-0.1, -0.05) is 5.16 Å². The maximum atomic E-state index is 8.37. The molecule has 0 unspecified atom stereocenters. The molecule has 0 aliphatic rings. The number of unbranched alkanes of at least 4 members (excludes halogenated alkanes) is 1. The van der Waals surface area contributed by atoms with Crippen LogP contribution >= 0.6 is 0 Å². The Morgan fingerprint density at radius 3 is 2.94 bits per heavy atom. The first kappa shape index (κ1) is 14.1. The van der Waals surface area contributed by atoms with E-state index in [-0.39, 0.29) is 5.84 Å². The molecule has 0 aliphatic carbocycles. The average Bonchev–Trinajstić information content (AvgIpc) is 2.40. The predicted octanol–water partition coefficient (Wildman–Crippen LogP) is 1.81. The summed E-state index contributed by atoms with van der Waals surface area (Å²) in [6.45, 7) is 3.37. The predicted molar refractivity (Wildman–Crippen MR) is 71.2 cm³/mol. The van der Waals surface area contributed by atoms with Crippen LogP contribution in [0, 0.1) is 0 Å². The van der Waals surface area contributed by atoms with Crippen molar-refractivity contribution in [2.75, 3.05) is 18.5 Å². The van der Waals surface area contributed by atoms with Gasteiger partial charge in [0.25, 0.3) is 0 Å². The lowest BCUT2D eigenvalue weighted by molar-refractivity contribution is 0.316. The maximum absolute atomic E-state index is 8.37.